The Balaban J connectivity index is 1.80. The third-order valence-electron chi connectivity index (χ3n) is 6.61. The Kier molecular flexibility index (Phi) is 3.80. The van der Waals surface area contributed by atoms with E-state index in [1.54, 1.807) is 22.8 Å². The van der Waals surface area contributed by atoms with Crippen molar-refractivity contribution in [3.63, 3.8) is 0 Å². The van der Waals surface area contributed by atoms with Crippen molar-refractivity contribution in [3.05, 3.63) is 46.0 Å². The zero-order chi connectivity index (χ0) is 17.8. The summed E-state index contributed by atoms with van der Waals surface area (Å²) in [6.07, 6.45) is 3.78. The molecule has 0 saturated carbocycles. The van der Waals surface area contributed by atoms with Gasteiger partial charge in [0.05, 0.1) is 36.6 Å². The Hall–Kier alpha value is -1.68. The van der Waals surface area contributed by atoms with Crippen LogP contribution in [0.1, 0.15) is 51.5 Å². The van der Waals surface area contributed by atoms with E-state index >= 15 is 0 Å². The number of piperidine rings is 1. The number of quaternary nitrogens is 1. The fourth-order valence-electron chi connectivity index (χ4n) is 5.09. The Labute approximate surface area is 148 Å². The highest BCUT2D eigenvalue weighted by Crippen LogP contribution is 2.40. The van der Waals surface area contributed by atoms with Crippen molar-refractivity contribution in [2.75, 3.05) is 19.6 Å². The maximum atomic E-state index is 14.8. The van der Waals surface area contributed by atoms with Gasteiger partial charge in [-0.3, -0.25) is 4.79 Å². The van der Waals surface area contributed by atoms with Crippen LogP contribution < -0.4 is 5.56 Å². The van der Waals surface area contributed by atoms with Gasteiger partial charge < -0.3 is 9.05 Å². The summed E-state index contributed by atoms with van der Waals surface area (Å²) < 4.78 is 17.6. The van der Waals surface area contributed by atoms with Crippen LogP contribution in [0.4, 0.5) is 4.39 Å². The molecule has 0 N–H and O–H groups in total. The minimum Gasteiger partial charge on any atom is -0.319 e. The average molecular weight is 343 g/mol. The maximum Gasteiger partial charge on any atom is 0.251 e. The van der Waals surface area contributed by atoms with Gasteiger partial charge in [-0.1, -0.05) is 0 Å². The summed E-state index contributed by atoms with van der Waals surface area (Å²) in [4.78, 5) is 12.4. The molecule has 1 fully saturated rings. The van der Waals surface area contributed by atoms with Crippen molar-refractivity contribution in [1.29, 1.82) is 0 Å². The van der Waals surface area contributed by atoms with Gasteiger partial charge in [-0.05, 0) is 63.6 Å². The zero-order valence-corrected chi connectivity index (χ0v) is 15.5. The van der Waals surface area contributed by atoms with Crippen LogP contribution in [-0.2, 0) is 6.54 Å². The number of pyridine rings is 1. The smallest absolute Gasteiger partial charge is 0.251 e. The summed E-state index contributed by atoms with van der Waals surface area (Å²) in [6.45, 7) is 10.8. The standard InChI is InChI=1S/C21H28FN2O/c1-21(2,3)24(11-5-4-6-12-24)14-16-13-23-18(25)10-8-15-7-9-17(22)19(16)20(15)23/h7-10,16H,4-6,11-14H2,1-3H3/q+1. The van der Waals surface area contributed by atoms with E-state index in [2.05, 4.69) is 20.8 Å². The van der Waals surface area contributed by atoms with Crippen molar-refractivity contribution in [2.45, 2.75) is 58.0 Å². The lowest BCUT2D eigenvalue weighted by atomic mass is 9.90. The van der Waals surface area contributed by atoms with Crippen molar-refractivity contribution in [1.82, 2.24) is 4.57 Å². The van der Waals surface area contributed by atoms with Gasteiger partial charge in [-0.2, -0.15) is 0 Å². The van der Waals surface area contributed by atoms with Crippen LogP contribution in [-0.4, -0.2) is 34.2 Å². The normalized spacial score (nSPS) is 22.5. The highest BCUT2D eigenvalue weighted by Gasteiger charge is 2.45. The van der Waals surface area contributed by atoms with Crippen molar-refractivity contribution in [3.8, 4) is 0 Å². The van der Waals surface area contributed by atoms with Crippen molar-refractivity contribution >= 4 is 10.9 Å². The SMILES string of the molecule is CC(C)(C)[N+]1(CC2Cn3c(=O)ccc4ccc(F)c2c43)CCCCC1. The summed E-state index contributed by atoms with van der Waals surface area (Å²) in [5, 5.41) is 0.972. The lowest BCUT2D eigenvalue weighted by molar-refractivity contribution is -0.975. The fourth-order valence-corrected chi connectivity index (χ4v) is 5.09. The van der Waals surface area contributed by atoms with E-state index in [9.17, 15) is 9.18 Å². The number of rotatable bonds is 2. The topological polar surface area (TPSA) is 22.0 Å². The lowest BCUT2D eigenvalue weighted by Gasteiger charge is -2.52. The largest absolute Gasteiger partial charge is 0.319 e. The maximum absolute atomic E-state index is 14.8. The molecule has 0 aliphatic carbocycles. The second kappa shape index (κ2) is 5.66. The molecule has 0 spiro atoms. The third-order valence-corrected chi connectivity index (χ3v) is 6.61. The van der Waals surface area contributed by atoms with Gasteiger partial charge in [0.1, 0.15) is 5.82 Å². The van der Waals surface area contributed by atoms with Crippen LogP contribution in [0.25, 0.3) is 10.9 Å². The molecule has 2 aliphatic rings. The lowest BCUT2D eigenvalue weighted by Crippen LogP contribution is -2.63. The molecular weight excluding hydrogens is 315 g/mol. The fraction of sp³-hybridized carbons (Fsp3) is 0.571. The van der Waals surface area contributed by atoms with E-state index in [1.165, 1.54) is 19.3 Å². The van der Waals surface area contributed by atoms with Gasteiger partial charge in [0, 0.05) is 18.2 Å². The van der Waals surface area contributed by atoms with Crippen LogP contribution in [0, 0.1) is 5.82 Å². The molecule has 1 saturated heterocycles. The van der Waals surface area contributed by atoms with Crippen LogP contribution >= 0.6 is 0 Å². The summed E-state index contributed by atoms with van der Waals surface area (Å²) in [7, 11) is 0. The van der Waals surface area contributed by atoms with Gasteiger partial charge in [0.15, 0.2) is 0 Å². The molecule has 2 aliphatic heterocycles. The van der Waals surface area contributed by atoms with Gasteiger partial charge in [-0.25, -0.2) is 4.39 Å². The van der Waals surface area contributed by atoms with Crippen molar-refractivity contribution in [2.24, 2.45) is 0 Å². The van der Waals surface area contributed by atoms with E-state index < -0.39 is 0 Å². The Bertz CT molecular complexity index is 872. The number of nitrogens with zero attached hydrogens (tertiary/aromatic N) is 2. The first-order valence-electron chi connectivity index (χ1n) is 9.51. The molecule has 1 aromatic carbocycles. The van der Waals surface area contributed by atoms with Crippen LogP contribution in [0.5, 0.6) is 0 Å². The second-order valence-electron chi connectivity index (χ2n) is 8.88. The van der Waals surface area contributed by atoms with E-state index in [0.717, 1.165) is 40.6 Å². The molecule has 2 aromatic rings. The predicted molar refractivity (Wildman–Crippen MR) is 99.4 cm³/mol. The second-order valence-corrected chi connectivity index (χ2v) is 8.88. The van der Waals surface area contributed by atoms with E-state index in [-0.39, 0.29) is 22.8 Å². The first kappa shape index (κ1) is 16.8. The summed E-state index contributed by atoms with van der Waals surface area (Å²) in [5.41, 5.74) is 1.71. The molecule has 1 unspecified atom stereocenters. The van der Waals surface area contributed by atoms with Gasteiger partial charge >= 0.3 is 0 Å². The van der Waals surface area contributed by atoms with Gasteiger partial charge in [0.25, 0.3) is 5.56 Å². The number of benzene rings is 1. The molecular formula is C21H28FN2O+. The number of hydrogen-bond acceptors (Lipinski definition) is 1. The van der Waals surface area contributed by atoms with Gasteiger partial charge in [-0.15, -0.1) is 0 Å². The summed E-state index contributed by atoms with van der Waals surface area (Å²) in [5.74, 6) is -0.0745. The Morgan fingerprint density at radius 2 is 1.80 bits per heavy atom. The predicted octanol–water partition coefficient (Wildman–Crippen LogP) is 4.04. The molecule has 134 valence electrons. The monoisotopic (exact) mass is 343 g/mol. The molecule has 0 amide bonds. The summed E-state index contributed by atoms with van der Waals surface area (Å²) in [6, 6.07) is 6.81. The molecule has 1 aromatic heterocycles. The molecule has 4 heteroatoms. The van der Waals surface area contributed by atoms with Crippen molar-refractivity contribution < 1.29 is 8.87 Å². The average Bonchev–Trinajstić information content (AvgIpc) is 2.94. The van der Waals surface area contributed by atoms with E-state index in [1.807, 2.05) is 6.07 Å². The third kappa shape index (κ3) is 2.53. The van der Waals surface area contributed by atoms with E-state index in [0.29, 0.717) is 6.54 Å². The van der Waals surface area contributed by atoms with Crippen LogP contribution in [0.15, 0.2) is 29.1 Å². The van der Waals surface area contributed by atoms with Crippen LogP contribution in [0.2, 0.25) is 0 Å². The number of aromatic nitrogens is 1. The number of hydrogen-bond donors (Lipinski definition) is 0. The number of likely N-dealkylation sites (tertiary alicyclic amines) is 1. The first-order chi connectivity index (χ1) is 11.8. The van der Waals surface area contributed by atoms with Crippen LogP contribution in [0.3, 0.4) is 0 Å². The Morgan fingerprint density at radius 1 is 1.12 bits per heavy atom. The Morgan fingerprint density at radius 3 is 2.48 bits per heavy atom. The molecule has 4 rings (SSSR count). The molecule has 0 bridgehead atoms. The molecule has 1 atom stereocenters. The minimum absolute atomic E-state index is 0.0113. The molecule has 3 nitrogen and oxygen atoms in total. The molecule has 3 heterocycles. The highest BCUT2D eigenvalue weighted by molar-refractivity contribution is 5.84. The highest BCUT2D eigenvalue weighted by atomic mass is 19.1. The zero-order valence-electron chi connectivity index (χ0n) is 15.5. The quantitative estimate of drug-likeness (QED) is 0.755. The minimum atomic E-state index is -0.154. The molecule has 0 radical (unpaired) electrons. The van der Waals surface area contributed by atoms with E-state index in [4.69, 9.17) is 0 Å². The first-order valence-corrected chi connectivity index (χ1v) is 9.51. The number of halogens is 1. The van der Waals surface area contributed by atoms with Gasteiger partial charge in [0.2, 0.25) is 0 Å². The summed E-state index contributed by atoms with van der Waals surface area (Å²) >= 11 is 0. The molecule has 25 heavy (non-hydrogen) atoms.